The summed E-state index contributed by atoms with van der Waals surface area (Å²) in [5, 5.41) is 4.30. The Hall–Kier alpha value is -0.930. The fourth-order valence-electron chi connectivity index (χ4n) is 2.84. The average molecular weight is 253 g/mol. The minimum absolute atomic E-state index is 0.479. The summed E-state index contributed by atoms with van der Waals surface area (Å²) < 4.78 is 5.61. The van der Waals surface area contributed by atoms with E-state index >= 15 is 0 Å². The standard InChI is InChI=1S/C13H17ClN2O/c1-2-16-12-5-10(14)3-4-11(12)15-6-9-7-17-8-13(9)16/h3-5,9,13,15H,2,6-8H2,1H3. The molecular weight excluding hydrogens is 236 g/mol. The van der Waals surface area contributed by atoms with Crippen molar-refractivity contribution in [3.8, 4) is 0 Å². The van der Waals surface area contributed by atoms with E-state index in [1.54, 1.807) is 0 Å². The molecule has 1 aromatic carbocycles. The van der Waals surface area contributed by atoms with E-state index in [0.717, 1.165) is 31.3 Å². The van der Waals surface area contributed by atoms with Crippen molar-refractivity contribution < 1.29 is 4.74 Å². The third-order valence-corrected chi connectivity index (χ3v) is 3.96. The van der Waals surface area contributed by atoms with Gasteiger partial charge in [0.1, 0.15) is 0 Å². The predicted molar refractivity (Wildman–Crippen MR) is 71.1 cm³/mol. The molecule has 1 aromatic rings. The fourth-order valence-corrected chi connectivity index (χ4v) is 3.01. The lowest BCUT2D eigenvalue weighted by Crippen LogP contribution is -2.40. The number of ether oxygens (including phenoxy) is 1. The number of fused-ring (bicyclic) bond motifs is 2. The quantitative estimate of drug-likeness (QED) is 0.832. The number of anilines is 2. The molecule has 0 amide bonds. The van der Waals surface area contributed by atoms with Crippen molar-refractivity contribution in [2.45, 2.75) is 13.0 Å². The first-order chi connectivity index (χ1) is 8.29. The molecule has 0 spiro atoms. The summed E-state index contributed by atoms with van der Waals surface area (Å²) in [5.74, 6) is 0.570. The second kappa shape index (κ2) is 4.39. The third kappa shape index (κ3) is 1.87. The maximum absolute atomic E-state index is 6.11. The maximum Gasteiger partial charge on any atom is 0.0674 e. The molecule has 2 aliphatic heterocycles. The van der Waals surface area contributed by atoms with Gasteiger partial charge in [0.25, 0.3) is 0 Å². The van der Waals surface area contributed by atoms with Crippen LogP contribution in [0.5, 0.6) is 0 Å². The number of nitrogens with zero attached hydrogens (tertiary/aromatic N) is 1. The molecule has 2 unspecified atom stereocenters. The molecule has 2 heterocycles. The maximum atomic E-state index is 6.11. The van der Waals surface area contributed by atoms with Gasteiger partial charge in [-0.3, -0.25) is 0 Å². The van der Waals surface area contributed by atoms with Gasteiger partial charge in [-0.15, -0.1) is 0 Å². The van der Waals surface area contributed by atoms with Crippen LogP contribution >= 0.6 is 11.6 Å². The molecule has 92 valence electrons. The zero-order valence-electron chi connectivity index (χ0n) is 9.95. The van der Waals surface area contributed by atoms with Gasteiger partial charge in [-0.1, -0.05) is 11.6 Å². The van der Waals surface area contributed by atoms with Gasteiger partial charge in [-0.25, -0.2) is 0 Å². The van der Waals surface area contributed by atoms with Gasteiger partial charge >= 0.3 is 0 Å². The summed E-state index contributed by atoms with van der Waals surface area (Å²) in [6.07, 6.45) is 0. The second-order valence-corrected chi connectivity index (χ2v) is 5.13. The van der Waals surface area contributed by atoms with Crippen LogP contribution < -0.4 is 10.2 Å². The topological polar surface area (TPSA) is 24.5 Å². The Balaban J connectivity index is 2.04. The molecule has 0 bridgehead atoms. The SMILES string of the molecule is CCN1c2cc(Cl)ccc2NCC2COCC21. The van der Waals surface area contributed by atoms with Crippen molar-refractivity contribution in [1.82, 2.24) is 0 Å². The lowest BCUT2D eigenvalue weighted by molar-refractivity contribution is 0.185. The number of hydrogen-bond donors (Lipinski definition) is 1. The van der Waals surface area contributed by atoms with E-state index in [-0.39, 0.29) is 0 Å². The highest BCUT2D eigenvalue weighted by atomic mass is 35.5. The Bertz CT molecular complexity index is 424. The fraction of sp³-hybridized carbons (Fsp3) is 0.538. The number of hydrogen-bond acceptors (Lipinski definition) is 3. The summed E-state index contributed by atoms with van der Waals surface area (Å²) in [5.41, 5.74) is 2.39. The summed E-state index contributed by atoms with van der Waals surface area (Å²) >= 11 is 6.11. The Kier molecular flexibility index (Phi) is 2.89. The molecule has 17 heavy (non-hydrogen) atoms. The summed E-state index contributed by atoms with van der Waals surface area (Å²) in [6, 6.07) is 6.54. The molecule has 0 radical (unpaired) electrons. The monoisotopic (exact) mass is 252 g/mol. The highest BCUT2D eigenvalue weighted by Gasteiger charge is 2.35. The third-order valence-electron chi connectivity index (χ3n) is 3.73. The van der Waals surface area contributed by atoms with Gasteiger partial charge < -0.3 is 15.0 Å². The van der Waals surface area contributed by atoms with Crippen LogP contribution in [0.15, 0.2) is 18.2 Å². The van der Waals surface area contributed by atoms with E-state index in [1.165, 1.54) is 11.4 Å². The summed E-state index contributed by atoms with van der Waals surface area (Å²) in [7, 11) is 0. The number of nitrogens with one attached hydrogen (secondary N) is 1. The lowest BCUT2D eigenvalue weighted by Gasteiger charge is -2.30. The molecule has 4 heteroatoms. The van der Waals surface area contributed by atoms with Gasteiger partial charge in [0.05, 0.1) is 30.6 Å². The molecule has 2 aliphatic rings. The van der Waals surface area contributed by atoms with Crippen LogP contribution in [-0.4, -0.2) is 32.3 Å². The molecule has 3 rings (SSSR count). The van der Waals surface area contributed by atoms with Crippen molar-refractivity contribution in [3.63, 3.8) is 0 Å². The Labute approximate surface area is 107 Å². The molecule has 1 saturated heterocycles. The van der Waals surface area contributed by atoms with E-state index in [9.17, 15) is 0 Å². The summed E-state index contributed by atoms with van der Waals surface area (Å²) in [4.78, 5) is 2.42. The van der Waals surface area contributed by atoms with Gasteiger partial charge in [0.15, 0.2) is 0 Å². The minimum Gasteiger partial charge on any atom is -0.383 e. The van der Waals surface area contributed by atoms with E-state index in [4.69, 9.17) is 16.3 Å². The second-order valence-electron chi connectivity index (χ2n) is 4.69. The smallest absolute Gasteiger partial charge is 0.0674 e. The van der Waals surface area contributed by atoms with Crippen molar-refractivity contribution in [2.75, 3.05) is 36.5 Å². The Morgan fingerprint density at radius 3 is 3.18 bits per heavy atom. The minimum atomic E-state index is 0.479. The highest BCUT2D eigenvalue weighted by molar-refractivity contribution is 6.31. The first-order valence-electron chi connectivity index (χ1n) is 6.17. The van der Waals surface area contributed by atoms with Crippen LogP contribution in [0.1, 0.15) is 6.92 Å². The van der Waals surface area contributed by atoms with Gasteiger partial charge in [0.2, 0.25) is 0 Å². The zero-order chi connectivity index (χ0) is 11.8. The Morgan fingerprint density at radius 1 is 1.47 bits per heavy atom. The normalized spacial score (nSPS) is 27.1. The van der Waals surface area contributed by atoms with Crippen LogP contribution in [0.4, 0.5) is 11.4 Å². The number of benzene rings is 1. The number of rotatable bonds is 1. The number of likely N-dealkylation sites (N-methyl/N-ethyl adjacent to an activating group) is 1. The first kappa shape index (κ1) is 11.2. The van der Waals surface area contributed by atoms with E-state index < -0.39 is 0 Å². The lowest BCUT2D eigenvalue weighted by atomic mass is 10.0. The van der Waals surface area contributed by atoms with Gasteiger partial charge in [-0.05, 0) is 25.1 Å². The van der Waals surface area contributed by atoms with Crippen molar-refractivity contribution in [2.24, 2.45) is 5.92 Å². The van der Waals surface area contributed by atoms with Crippen LogP contribution in [0.2, 0.25) is 5.02 Å². The largest absolute Gasteiger partial charge is 0.383 e. The van der Waals surface area contributed by atoms with Gasteiger partial charge in [0, 0.05) is 24.0 Å². The molecule has 0 aromatic heterocycles. The number of halogens is 1. The Morgan fingerprint density at radius 2 is 2.35 bits per heavy atom. The van der Waals surface area contributed by atoms with Gasteiger partial charge in [-0.2, -0.15) is 0 Å². The van der Waals surface area contributed by atoms with E-state index in [1.807, 2.05) is 12.1 Å². The van der Waals surface area contributed by atoms with E-state index in [0.29, 0.717) is 12.0 Å². The van der Waals surface area contributed by atoms with Crippen LogP contribution in [-0.2, 0) is 4.74 Å². The van der Waals surface area contributed by atoms with Crippen LogP contribution in [0.25, 0.3) is 0 Å². The molecule has 0 saturated carbocycles. The molecule has 3 nitrogen and oxygen atoms in total. The predicted octanol–water partition coefficient (Wildman–Crippen LogP) is 2.61. The van der Waals surface area contributed by atoms with Crippen LogP contribution in [0.3, 0.4) is 0 Å². The molecular formula is C13H17ClN2O. The van der Waals surface area contributed by atoms with E-state index in [2.05, 4.69) is 23.2 Å². The molecule has 2 atom stereocenters. The molecule has 0 aliphatic carbocycles. The first-order valence-corrected chi connectivity index (χ1v) is 6.55. The van der Waals surface area contributed by atoms with Crippen molar-refractivity contribution in [1.29, 1.82) is 0 Å². The van der Waals surface area contributed by atoms with Crippen molar-refractivity contribution in [3.05, 3.63) is 23.2 Å². The zero-order valence-corrected chi connectivity index (χ0v) is 10.7. The molecule has 1 N–H and O–H groups in total. The average Bonchev–Trinajstić information content (AvgIpc) is 2.72. The van der Waals surface area contributed by atoms with Crippen LogP contribution in [0, 0.1) is 5.92 Å². The molecule has 1 fully saturated rings. The van der Waals surface area contributed by atoms with Crippen molar-refractivity contribution >= 4 is 23.0 Å². The summed E-state index contributed by atoms with van der Waals surface area (Å²) in [6.45, 7) is 5.84. The highest BCUT2D eigenvalue weighted by Crippen LogP contribution is 2.36.